The maximum absolute atomic E-state index is 12.5. The Morgan fingerprint density at radius 1 is 1.23 bits per heavy atom. The number of aromatic nitrogens is 2. The van der Waals surface area contributed by atoms with Crippen molar-refractivity contribution in [2.24, 2.45) is 0 Å². The van der Waals surface area contributed by atoms with Crippen molar-refractivity contribution in [1.29, 1.82) is 0 Å². The maximum Gasteiger partial charge on any atom is 0.414 e. The van der Waals surface area contributed by atoms with Gasteiger partial charge in [0.15, 0.2) is 5.82 Å². The van der Waals surface area contributed by atoms with Gasteiger partial charge in [0, 0.05) is 30.3 Å². The third-order valence-corrected chi connectivity index (χ3v) is 6.48. The number of anilines is 2. The maximum atomic E-state index is 12.5. The lowest BCUT2D eigenvalue weighted by atomic mass is 10.0. The van der Waals surface area contributed by atoms with Crippen molar-refractivity contribution in [3.63, 3.8) is 0 Å². The Labute approximate surface area is 203 Å². The molecule has 5 rings (SSSR count). The van der Waals surface area contributed by atoms with E-state index in [9.17, 15) is 9.59 Å². The number of cyclic esters (lactones) is 1. The number of H-pyrrole nitrogens is 1. The molecule has 0 radical (unpaired) electrons. The molecule has 1 saturated heterocycles. The number of amides is 2. The van der Waals surface area contributed by atoms with E-state index in [1.165, 1.54) is 18.1 Å². The molecular formula is C26H29N5O4. The molecule has 1 fully saturated rings. The van der Waals surface area contributed by atoms with Crippen molar-refractivity contribution in [2.45, 2.75) is 38.8 Å². The van der Waals surface area contributed by atoms with Crippen molar-refractivity contribution in [2.75, 3.05) is 30.4 Å². The Kier molecular flexibility index (Phi) is 6.31. The van der Waals surface area contributed by atoms with Crippen LogP contribution in [0.1, 0.15) is 30.0 Å². The van der Waals surface area contributed by atoms with Gasteiger partial charge in [0.2, 0.25) is 5.91 Å². The van der Waals surface area contributed by atoms with E-state index in [-0.39, 0.29) is 18.1 Å². The minimum atomic E-state index is -0.388. The van der Waals surface area contributed by atoms with Gasteiger partial charge in [-0.25, -0.2) is 4.79 Å². The van der Waals surface area contributed by atoms with Crippen LogP contribution in [0.25, 0.3) is 11.3 Å². The molecule has 9 heteroatoms. The number of aryl methyl sites for hydroxylation is 1. The van der Waals surface area contributed by atoms with Gasteiger partial charge in [0.25, 0.3) is 0 Å². The Hall–Kier alpha value is -4.01. The predicted octanol–water partition coefficient (Wildman–Crippen LogP) is 3.65. The average Bonchev–Trinajstić information content (AvgIpc) is 3.39. The van der Waals surface area contributed by atoms with Crippen molar-refractivity contribution >= 4 is 23.5 Å². The van der Waals surface area contributed by atoms with E-state index in [4.69, 9.17) is 9.47 Å². The number of aromatic amines is 1. The van der Waals surface area contributed by atoms with Gasteiger partial charge >= 0.3 is 6.09 Å². The van der Waals surface area contributed by atoms with Crippen LogP contribution in [-0.2, 0) is 28.9 Å². The molecular weight excluding hydrogens is 446 g/mol. The zero-order valence-corrected chi connectivity index (χ0v) is 19.9. The highest BCUT2D eigenvalue weighted by atomic mass is 16.6. The van der Waals surface area contributed by atoms with E-state index in [2.05, 4.69) is 33.0 Å². The first-order valence-electron chi connectivity index (χ1n) is 11.8. The minimum Gasteiger partial charge on any atom is -0.497 e. The summed E-state index contributed by atoms with van der Waals surface area (Å²) in [5.74, 6) is 1.57. The predicted molar refractivity (Wildman–Crippen MR) is 133 cm³/mol. The Bertz CT molecular complexity index is 1240. The summed E-state index contributed by atoms with van der Waals surface area (Å²) in [6, 6.07) is 14.0. The normalized spacial score (nSPS) is 16.7. The molecule has 2 aromatic carbocycles. The second-order valence-electron chi connectivity index (χ2n) is 8.88. The molecule has 0 unspecified atom stereocenters. The van der Waals surface area contributed by atoms with Crippen LogP contribution in [0, 0.1) is 0 Å². The molecule has 182 valence electrons. The molecule has 9 nitrogen and oxygen atoms in total. The topological polar surface area (TPSA) is 109 Å². The molecule has 1 aromatic heterocycles. The highest BCUT2D eigenvalue weighted by Gasteiger charge is 2.33. The molecule has 1 aliphatic heterocycles. The summed E-state index contributed by atoms with van der Waals surface area (Å²) in [4.78, 5) is 25.3. The zero-order valence-electron chi connectivity index (χ0n) is 19.9. The van der Waals surface area contributed by atoms with Gasteiger partial charge in [-0.15, -0.1) is 0 Å². The van der Waals surface area contributed by atoms with Gasteiger partial charge in [-0.2, -0.15) is 5.10 Å². The molecule has 2 aliphatic rings. The molecule has 1 atom stereocenters. The Morgan fingerprint density at radius 2 is 2.06 bits per heavy atom. The number of carbonyl (C=O) groups excluding carboxylic acids is 2. The molecule has 2 heterocycles. The highest BCUT2D eigenvalue weighted by molar-refractivity contribution is 5.90. The van der Waals surface area contributed by atoms with Crippen LogP contribution < -0.4 is 20.3 Å². The van der Waals surface area contributed by atoms with E-state index >= 15 is 0 Å². The summed E-state index contributed by atoms with van der Waals surface area (Å²) >= 11 is 0. The summed E-state index contributed by atoms with van der Waals surface area (Å²) in [6.07, 6.45) is 2.05. The lowest BCUT2D eigenvalue weighted by molar-refractivity contribution is -0.119. The fourth-order valence-corrected chi connectivity index (χ4v) is 4.66. The minimum absolute atomic E-state index is 0.141. The second-order valence-corrected chi connectivity index (χ2v) is 8.88. The summed E-state index contributed by atoms with van der Waals surface area (Å²) in [6.45, 7) is 2.84. The van der Waals surface area contributed by atoms with Gasteiger partial charge in [-0.3, -0.25) is 14.8 Å². The summed E-state index contributed by atoms with van der Waals surface area (Å²) in [5, 5.41) is 14.0. The number of methoxy groups -OCH3 is 1. The van der Waals surface area contributed by atoms with Gasteiger partial charge in [-0.05, 0) is 54.7 Å². The van der Waals surface area contributed by atoms with Crippen LogP contribution in [0.4, 0.5) is 16.3 Å². The molecule has 2 amide bonds. The van der Waals surface area contributed by atoms with Crippen LogP contribution in [0.5, 0.6) is 5.75 Å². The summed E-state index contributed by atoms with van der Waals surface area (Å²) < 4.78 is 10.7. The number of hydrogen-bond acceptors (Lipinski definition) is 6. The van der Waals surface area contributed by atoms with Crippen molar-refractivity contribution in [3.05, 3.63) is 59.2 Å². The van der Waals surface area contributed by atoms with Gasteiger partial charge in [-0.1, -0.05) is 18.2 Å². The van der Waals surface area contributed by atoms with Crippen LogP contribution >= 0.6 is 0 Å². The number of nitrogens with one attached hydrogen (secondary N) is 3. The monoisotopic (exact) mass is 475 g/mol. The number of rotatable bonds is 7. The van der Waals surface area contributed by atoms with E-state index in [0.29, 0.717) is 19.6 Å². The number of nitrogens with zero attached hydrogens (tertiary/aromatic N) is 2. The first-order chi connectivity index (χ1) is 17.0. The van der Waals surface area contributed by atoms with E-state index in [0.717, 1.165) is 53.3 Å². The highest BCUT2D eigenvalue weighted by Crippen LogP contribution is 2.37. The molecule has 1 aliphatic carbocycles. The third kappa shape index (κ3) is 4.80. The number of hydrogen-bond donors (Lipinski definition) is 3. The SMILES string of the molecule is COc1ccc(CNc2n[nH]c3c2CCCc2cc(N4C[C@H](CNC(C)=O)OC4=O)ccc2-3)cc1. The molecule has 0 saturated carbocycles. The number of carbonyl (C=O) groups is 2. The molecule has 3 N–H and O–H groups in total. The Balaban J connectivity index is 1.32. The van der Waals surface area contributed by atoms with Crippen LogP contribution in [0.15, 0.2) is 42.5 Å². The number of fused-ring (bicyclic) bond motifs is 3. The molecule has 0 bridgehead atoms. The van der Waals surface area contributed by atoms with Crippen molar-refractivity contribution < 1.29 is 19.1 Å². The standard InChI is InChI=1S/C26H29N5O4/c1-16(32)27-14-21-15-31(26(33)35-21)19-8-11-22-18(12-19)4-3-5-23-24(22)29-30-25(23)28-13-17-6-9-20(34-2)10-7-17/h6-12,21H,3-5,13-15H2,1-2H3,(H,27,32)(H2,28,29,30)/t21-/m0/s1. The zero-order chi connectivity index (χ0) is 24.4. The van der Waals surface area contributed by atoms with Crippen LogP contribution in [0.3, 0.4) is 0 Å². The lowest BCUT2D eigenvalue weighted by Gasteiger charge is -2.16. The van der Waals surface area contributed by atoms with Crippen molar-refractivity contribution in [3.8, 4) is 17.0 Å². The van der Waals surface area contributed by atoms with Crippen molar-refractivity contribution in [1.82, 2.24) is 15.5 Å². The van der Waals surface area contributed by atoms with Gasteiger partial charge in [0.1, 0.15) is 11.9 Å². The smallest absolute Gasteiger partial charge is 0.414 e. The second kappa shape index (κ2) is 9.69. The largest absolute Gasteiger partial charge is 0.497 e. The Morgan fingerprint density at radius 3 is 2.83 bits per heavy atom. The number of benzene rings is 2. The lowest BCUT2D eigenvalue weighted by Crippen LogP contribution is -2.33. The van der Waals surface area contributed by atoms with E-state index in [1.807, 2.05) is 30.3 Å². The van der Waals surface area contributed by atoms with Crippen LogP contribution in [0.2, 0.25) is 0 Å². The summed E-state index contributed by atoms with van der Waals surface area (Å²) in [7, 11) is 1.66. The fourth-order valence-electron chi connectivity index (χ4n) is 4.66. The first kappa shape index (κ1) is 22.8. The summed E-state index contributed by atoms with van der Waals surface area (Å²) in [5.41, 5.74) is 6.43. The third-order valence-electron chi connectivity index (χ3n) is 6.48. The first-order valence-corrected chi connectivity index (χ1v) is 11.8. The average molecular weight is 476 g/mol. The fraction of sp³-hybridized carbons (Fsp3) is 0.346. The van der Waals surface area contributed by atoms with Gasteiger partial charge < -0.3 is 20.1 Å². The number of ether oxygens (including phenoxy) is 2. The van der Waals surface area contributed by atoms with E-state index < -0.39 is 0 Å². The van der Waals surface area contributed by atoms with Crippen LogP contribution in [-0.4, -0.2) is 48.5 Å². The van der Waals surface area contributed by atoms with Gasteiger partial charge in [0.05, 0.1) is 25.9 Å². The quantitative estimate of drug-likeness (QED) is 0.481. The molecule has 35 heavy (non-hydrogen) atoms. The molecule has 3 aromatic rings. The molecule has 0 spiro atoms. The van der Waals surface area contributed by atoms with E-state index in [1.54, 1.807) is 12.0 Å².